The lowest BCUT2D eigenvalue weighted by Gasteiger charge is -2.20. The Morgan fingerprint density at radius 1 is 1.35 bits per heavy atom. The van der Waals surface area contributed by atoms with Gasteiger partial charge in [-0.15, -0.1) is 0 Å². The summed E-state index contributed by atoms with van der Waals surface area (Å²) in [4.78, 5) is 6.09. The number of rotatable bonds is 4. The molecule has 0 saturated carbocycles. The second-order valence-corrected chi connectivity index (χ2v) is 4.03. The normalized spacial score (nSPS) is 10.5. The molecular weight excluding hydrogens is 216 g/mol. The molecule has 0 bridgehead atoms. The Balaban J connectivity index is 2.16. The molecule has 2 heterocycles. The Labute approximate surface area is 101 Å². The fourth-order valence-corrected chi connectivity index (χ4v) is 1.78. The van der Waals surface area contributed by atoms with Crippen LogP contribution < -0.4 is 4.90 Å². The molecule has 2 aromatic heterocycles. The standard InChI is InChI=1S/C13H16N2O2/c1-10-3-4-12(17-10)8-15(2)13-7-14-6-5-11(13)9-16/h3-7,16H,8-9H2,1-2H3. The van der Waals surface area contributed by atoms with Gasteiger partial charge in [0.05, 0.1) is 25.0 Å². The number of hydrogen-bond acceptors (Lipinski definition) is 4. The molecule has 1 N–H and O–H groups in total. The van der Waals surface area contributed by atoms with Crippen LogP contribution in [-0.4, -0.2) is 17.1 Å². The van der Waals surface area contributed by atoms with E-state index in [0.29, 0.717) is 6.54 Å². The average Bonchev–Trinajstić information content (AvgIpc) is 2.74. The zero-order chi connectivity index (χ0) is 12.3. The van der Waals surface area contributed by atoms with Crippen LogP contribution in [0.5, 0.6) is 0 Å². The van der Waals surface area contributed by atoms with Crippen LogP contribution in [0.25, 0.3) is 0 Å². The first-order chi connectivity index (χ1) is 8.20. The third kappa shape index (κ3) is 2.65. The maximum absolute atomic E-state index is 9.26. The van der Waals surface area contributed by atoms with Crippen LogP contribution in [0.15, 0.2) is 35.0 Å². The van der Waals surface area contributed by atoms with Crippen LogP contribution in [0, 0.1) is 6.92 Å². The first-order valence-electron chi connectivity index (χ1n) is 5.51. The largest absolute Gasteiger partial charge is 0.464 e. The van der Waals surface area contributed by atoms with E-state index >= 15 is 0 Å². The molecule has 0 aliphatic rings. The van der Waals surface area contributed by atoms with Gasteiger partial charge in [-0.1, -0.05) is 0 Å². The van der Waals surface area contributed by atoms with E-state index in [4.69, 9.17) is 4.42 Å². The molecule has 0 radical (unpaired) electrons. The lowest BCUT2D eigenvalue weighted by molar-refractivity contribution is 0.282. The van der Waals surface area contributed by atoms with Gasteiger partial charge in [-0.2, -0.15) is 0 Å². The zero-order valence-electron chi connectivity index (χ0n) is 10.1. The van der Waals surface area contributed by atoms with Crippen LogP contribution in [0.2, 0.25) is 0 Å². The molecular formula is C13H16N2O2. The van der Waals surface area contributed by atoms with Crippen molar-refractivity contribution in [1.82, 2.24) is 4.98 Å². The molecule has 17 heavy (non-hydrogen) atoms. The van der Waals surface area contributed by atoms with Crippen molar-refractivity contribution < 1.29 is 9.52 Å². The molecule has 4 heteroatoms. The molecule has 4 nitrogen and oxygen atoms in total. The van der Waals surface area contributed by atoms with E-state index < -0.39 is 0 Å². The third-order valence-electron chi connectivity index (χ3n) is 2.66. The number of anilines is 1. The van der Waals surface area contributed by atoms with E-state index in [0.717, 1.165) is 22.8 Å². The van der Waals surface area contributed by atoms with E-state index in [1.165, 1.54) is 0 Å². The van der Waals surface area contributed by atoms with E-state index in [9.17, 15) is 5.11 Å². The highest BCUT2D eigenvalue weighted by Gasteiger charge is 2.09. The lowest BCUT2D eigenvalue weighted by Crippen LogP contribution is -2.17. The minimum Gasteiger partial charge on any atom is -0.464 e. The molecule has 0 aromatic carbocycles. The van der Waals surface area contributed by atoms with Crippen LogP contribution in [0.3, 0.4) is 0 Å². The molecule has 0 fully saturated rings. The van der Waals surface area contributed by atoms with Gasteiger partial charge in [-0.3, -0.25) is 4.98 Å². The van der Waals surface area contributed by atoms with Gasteiger partial charge < -0.3 is 14.4 Å². The fourth-order valence-electron chi connectivity index (χ4n) is 1.78. The summed E-state index contributed by atoms with van der Waals surface area (Å²) < 4.78 is 5.52. The van der Waals surface area contributed by atoms with Crippen molar-refractivity contribution >= 4 is 5.69 Å². The monoisotopic (exact) mass is 232 g/mol. The van der Waals surface area contributed by atoms with E-state index in [2.05, 4.69) is 4.98 Å². The lowest BCUT2D eigenvalue weighted by atomic mass is 10.2. The Hall–Kier alpha value is -1.81. The van der Waals surface area contributed by atoms with Crippen molar-refractivity contribution in [3.8, 4) is 0 Å². The number of aliphatic hydroxyl groups excluding tert-OH is 1. The van der Waals surface area contributed by atoms with Crippen molar-refractivity contribution in [3.63, 3.8) is 0 Å². The fraction of sp³-hybridized carbons (Fsp3) is 0.308. The van der Waals surface area contributed by atoms with Gasteiger partial charge in [-0.25, -0.2) is 0 Å². The first kappa shape index (κ1) is 11.7. The molecule has 0 unspecified atom stereocenters. The summed E-state index contributed by atoms with van der Waals surface area (Å²) >= 11 is 0. The van der Waals surface area contributed by atoms with Gasteiger partial charge in [0.25, 0.3) is 0 Å². The maximum Gasteiger partial charge on any atom is 0.123 e. The number of pyridine rings is 1. The minimum atomic E-state index is 0.0133. The second kappa shape index (κ2) is 5.01. The van der Waals surface area contributed by atoms with Crippen LogP contribution in [0.4, 0.5) is 5.69 Å². The number of aryl methyl sites for hydroxylation is 1. The third-order valence-corrected chi connectivity index (χ3v) is 2.66. The van der Waals surface area contributed by atoms with Gasteiger partial charge in [-0.05, 0) is 25.1 Å². The molecule has 0 amide bonds. The highest BCUT2D eigenvalue weighted by molar-refractivity contribution is 5.50. The first-order valence-corrected chi connectivity index (χ1v) is 5.51. The number of hydrogen-bond donors (Lipinski definition) is 1. The van der Waals surface area contributed by atoms with E-state index in [-0.39, 0.29) is 6.61 Å². The molecule has 2 rings (SSSR count). The molecule has 0 spiro atoms. The van der Waals surface area contributed by atoms with E-state index in [1.807, 2.05) is 37.1 Å². The predicted octanol–water partition coefficient (Wildman–Crippen LogP) is 2.11. The summed E-state index contributed by atoms with van der Waals surface area (Å²) in [6.07, 6.45) is 3.43. The summed E-state index contributed by atoms with van der Waals surface area (Å²) in [7, 11) is 1.95. The van der Waals surface area contributed by atoms with Crippen molar-refractivity contribution in [3.05, 3.63) is 47.7 Å². The highest BCUT2D eigenvalue weighted by Crippen LogP contribution is 2.20. The van der Waals surface area contributed by atoms with Crippen LogP contribution >= 0.6 is 0 Å². The highest BCUT2D eigenvalue weighted by atomic mass is 16.3. The Morgan fingerprint density at radius 3 is 2.82 bits per heavy atom. The van der Waals surface area contributed by atoms with Crippen molar-refractivity contribution in [2.45, 2.75) is 20.1 Å². The Kier molecular flexibility index (Phi) is 3.44. The molecule has 0 saturated heterocycles. The minimum absolute atomic E-state index is 0.0133. The van der Waals surface area contributed by atoms with Crippen molar-refractivity contribution in [2.24, 2.45) is 0 Å². The van der Waals surface area contributed by atoms with Gasteiger partial charge in [0.15, 0.2) is 0 Å². The van der Waals surface area contributed by atoms with Crippen molar-refractivity contribution in [2.75, 3.05) is 11.9 Å². The van der Waals surface area contributed by atoms with E-state index in [1.54, 1.807) is 12.4 Å². The molecule has 0 atom stereocenters. The predicted molar refractivity (Wildman–Crippen MR) is 65.7 cm³/mol. The van der Waals surface area contributed by atoms with Crippen LogP contribution in [-0.2, 0) is 13.2 Å². The summed E-state index contributed by atoms with van der Waals surface area (Å²) in [5, 5.41) is 9.26. The Morgan fingerprint density at radius 2 is 2.18 bits per heavy atom. The Bertz CT molecular complexity index is 494. The average molecular weight is 232 g/mol. The molecule has 0 aliphatic carbocycles. The van der Waals surface area contributed by atoms with Crippen LogP contribution in [0.1, 0.15) is 17.1 Å². The summed E-state index contributed by atoms with van der Waals surface area (Å²) in [6, 6.07) is 5.72. The van der Waals surface area contributed by atoms with Gasteiger partial charge >= 0.3 is 0 Å². The van der Waals surface area contributed by atoms with Gasteiger partial charge in [0.1, 0.15) is 11.5 Å². The molecule has 90 valence electrons. The summed E-state index contributed by atoms with van der Waals surface area (Å²) in [5.74, 6) is 1.81. The summed E-state index contributed by atoms with van der Waals surface area (Å²) in [5.41, 5.74) is 1.79. The molecule has 0 aliphatic heterocycles. The maximum atomic E-state index is 9.26. The number of aromatic nitrogens is 1. The number of aliphatic hydroxyl groups is 1. The quantitative estimate of drug-likeness (QED) is 0.877. The molecule has 2 aromatic rings. The van der Waals surface area contributed by atoms with Gasteiger partial charge in [0, 0.05) is 18.8 Å². The topological polar surface area (TPSA) is 49.5 Å². The second-order valence-electron chi connectivity index (χ2n) is 4.03. The smallest absolute Gasteiger partial charge is 0.123 e. The summed E-state index contributed by atoms with van der Waals surface area (Å²) in [6.45, 7) is 2.60. The zero-order valence-corrected chi connectivity index (χ0v) is 10.1. The number of nitrogens with zero attached hydrogens (tertiary/aromatic N) is 2. The SMILES string of the molecule is Cc1ccc(CN(C)c2cnccc2CO)o1. The van der Waals surface area contributed by atoms with Gasteiger partial charge in [0.2, 0.25) is 0 Å². The van der Waals surface area contributed by atoms with Crippen molar-refractivity contribution in [1.29, 1.82) is 0 Å². The number of furan rings is 1.